The second-order valence-corrected chi connectivity index (χ2v) is 8.75. The van der Waals surface area contributed by atoms with E-state index < -0.39 is 10.0 Å². The molecular formula is C24H21NO5S. The molecule has 7 heteroatoms. The number of para-hydroxylation sites is 1. The highest BCUT2D eigenvalue weighted by atomic mass is 32.2. The maximum Gasteiger partial charge on any atom is 0.268 e. The van der Waals surface area contributed by atoms with Crippen molar-refractivity contribution in [3.05, 3.63) is 84.6 Å². The first-order valence-corrected chi connectivity index (χ1v) is 11.2. The first kappa shape index (κ1) is 20.7. The van der Waals surface area contributed by atoms with Crippen molar-refractivity contribution in [2.24, 2.45) is 0 Å². The summed E-state index contributed by atoms with van der Waals surface area (Å²) in [5.74, 6) is 1.83. The van der Waals surface area contributed by atoms with Gasteiger partial charge >= 0.3 is 0 Å². The maximum atomic E-state index is 13.4. The molecule has 6 nitrogen and oxygen atoms in total. The molecule has 0 saturated heterocycles. The Kier molecular flexibility index (Phi) is 5.77. The number of benzene rings is 3. The lowest BCUT2D eigenvalue weighted by molar-refractivity contribution is -0.107. The third kappa shape index (κ3) is 4.18. The van der Waals surface area contributed by atoms with Crippen LogP contribution < -0.4 is 9.47 Å². The number of aldehydes is 1. The van der Waals surface area contributed by atoms with Crippen molar-refractivity contribution in [3.63, 3.8) is 0 Å². The molecule has 0 aliphatic carbocycles. The Bertz CT molecular complexity index is 1310. The number of aromatic nitrogens is 1. The van der Waals surface area contributed by atoms with E-state index in [1.165, 1.54) is 16.1 Å². The van der Waals surface area contributed by atoms with Crippen molar-refractivity contribution >= 4 is 27.2 Å². The van der Waals surface area contributed by atoms with Crippen LogP contribution in [0.25, 0.3) is 10.9 Å². The van der Waals surface area contributed by atoms with Crippen molar-refractivity contribution in [1.82, 2.24) is 3.97 Å². The van der Waals surface area contributed by atoms with Crippen LogP contribution >= 0.6 is 0 Å². The molecule has 4 aromatic rings. The summed E-state index contributed by atoms with van der Waals surface area (Å²) in [4.78, 5) is 11.0. The van der Waals surface area contributed by atoms with E-state index in [1.54, 1.807) is 43.6 Å². The van der Waals surface area contributed by atoms with Crippen LogP contribution in [0, 0.1) is 0 Å². The molecule has 31 heavy (non-hydrogen) atoms. The molecule has 1 heterocycles. The van der Waals surface area contributed by atoms with Crippen LogP contribution in [0.2, 0.25) is 0 Å². The zero-order valence-corrected chi connectivity index (χ0v) is 17.7. The van der Waals surface area contributed by atoms with Crippen LogP contribution in [0.3, 0.4) is 0 Å². The molecule has 0 amide bonds. The van der Waals surface area contributed by atoms with Crippen molar-refractivity contribution < 1.29 is 22.7 Å². The van der Waals surface area contributed by atoms with Crippen LogP contribution in [0.15, 0.2) is 83.9 Å². The number of fused-ring (bicyclic) bond motifs is 1. The van der Waals surface area contributed by atoms with Gasteiger partial charge < -0.3 is 14.3 Å². The summed E-state index contributed by atoms with van der Waals surface area (Å²) in [6, 6.07) is 20.8. The van der Waals surface area contributed by atoms with E-state index in [1.807, 2.05) is 30.3 Å². The lowest BCUT2D eigenvalue weighted by Crippen LogP contribution is -2.11. The normalized spacial score (nSPS) is 11.4. The number of methoxy groups -OCH3 is 1. The Labute approximate surface area is 180 Å². The van der Waals surface area contributed by atoms with Crippen LogP contribution in [0.5, 0.6) is 17.2 Å². The van der Waals surface area contributed by atoms with Gasteiger partial charge in [0.05, 0.1) is 17.5 Å². The molecule has 0 radical (unpaired) electrons. The molecule has 0 aliphatic heterocycles. The predicted molar refractivity (Wildman–Crippen MR) is 118 cm³/mol. The van der Waals surface area contributed by atoms with Gasteiger partial charge in [-0.3, -0.25) is 0 Å². The SMILES string of the molecule is COc1ccc2c(c1)c(CCC=O)cn2S(=O)(=O)c1ccc(Oc2ccccc2)cc1. The minimum Gasteiger partial charge on any atom is -0.497 e. The van der Waals surface area contributed by atoms with Crippen molar-refractivity contribution in [3.8, 4) is 17.2 Å². The third-order valence-electron chi connectivity index (χ3n) is 4.95. The number of rotatable bonds is 8. The molecule has 0 atom stereocenters. The van der Waals surface area contributed by atoms with E-state index in [2.05, 4.69) is 0 Å². The molecular weight excluding hydrogens is 414 g/mol. The molecule has 1 aromatic heterocycles. The van der Waals surface area contributed by atoms with Gasteiger partial charge in [0.2, 0.25) is 0 Å². The maximum absolute atomic E-state index is 13.4. The van der Waals surface area contributed by atoms with Crippen molar-refractivity contribution in [2.45, 2.75) is 17.7 Å². The number of ether oxygens (including phenoxy) is 2. The molecule has 0 aliphatic rings. The van der Waals surface area contributed by atoms with Gasteiger partial charge in [0.15, 0.2) is 0 Å². The van der Waals surface area contributed by atoms with Gasteiger partial charge in [-0.1, -0.05) is 18.2 Å². The second-order valence-electron chi connectivity index (χ2n) is 6.93. The predicted octanol–water partition coefficient (Wildman–Crippen LogP) is 4.81. The number of nitrogens with zero attached hydrogens (tertiary/aromatic N) is 1. The Hall–Kier alpha value is -3.58. The monoisotopic (exact) mass is 435 g/mol. The van der Waals surface area contributed by atoms with E-state index in [4.69, 9.17) is 9.47 Å². The summed E-state index contributed by atoms with van der Waals surface area (Å²) in [5.41, 5.74) is 1.31. The molecule has 0 bridgehead atoms. The fourth-order valence-corrected chi connectivity index (χ4v) is 4.79. The average molecular weight is 436 g/mol. The van der Waals surface area contributed by atoms with E-state index in [9.17, 15) is 13.2 Å². The van der Waals surface area contributed by atoms with Gasteiger partial charge in [0, 0.05) is 18.0 Å². The van der Waals surface area contributed by atoms with Crippen LogP contribution in [-0.2, 0) is 21.2 Å². The Morgan fingerprint density at radius 3 is 2.26 bits per heavy atom. The minimum absolute atomic E-state index is 0.141. The quantitative estimate of drug-likeness (QED) is 0.371. The highest BCUT2D eigenvalue weighted by molar-refractivity contribution is 7.90. The topological polar surface area (TPSA) is 74.6 Å². The number of aryl methyl sites for hydroxylation is 1. The number of hydrogen-bond acceptors (Lipinski definition) is 5. The minimum atomic E-state index is -3.85. The van der Waals surface area contributed by atoms with Crippen LogP contribution in [0.1, 0.15) is 12.0 Å². The van der Waals surface area contributed by atoms with Gasteiger partial charge in [-0.2, -0.15) is 0 Å². The molecule has 3 aromatic carbocycles. The summed E-state index contributed by atoms with van der Waals surface area (Å²) in [6.45, 7) is 0. The van der Waals surface area contributed by atoms with Gasteiger partial charge in [0.1, 0.15) is 23.5 Å². The number of carbonyl (C=O) groups excluding carboxylic acids is 1. The first-order chi connectivity index (χ1) is 15.0. The molecule has 0 saturated carbocycles. The molecule has 0 N–H and O–H groups in total. The van der Waals surface area contributed by atoms with E-state index in [0.29, 0.717) is 35.6 Å². The highest BCUT2D eigenvalue weighted by Gasteiger charge is 2.21. The zero-order chi connectivity index (χ0) is 21.8. The van der Waals surface area contributed by atoms with E-state index >= 15 is 0 Å². The second kappa shape index (κ2) is 8.65. The highest BCUT2D eigenvalue weighted by Crippen LogP contribution is 2.31. The largest absolute Gasteiger partial charge is 0.497 e. The van der Waals surface area contributed by atoms with Crippen LogP contribution in [-0.4, -0.2) is 25.8 Å². The molecule has 0 spiro atoms. The lowest BCUT2D eigenvalue weighted by atomic mass is 10.1. The smallest absolute Gasteiger partial charge is 0.268 e. The number of hydrogen-bond donors (Lipinski definition) is 0. The summed E-state index contributed by atoms with van der Waals surface area (Å²) < 4.78 is 39.0. The van der Waals surface area contributed by atoms with Crippen molar-refractivity contribution in [1.29, 1.82) is 0 Å². The zero-order valence-electron chi connectivity index (χ0n) is 16.9. The first-order valence-electron chi connectivity index (χ1n) is 9.73. The molecule has 4 rings (SSSR count). The number of carbonyl (C=O) groups is 1. The van der Waals surface area contributed by atoms with Gasteiger partial charge in [-0.25, -0.2) is 12.4 Å². The summed E-state index contributed by atoms with van der Waals surface area (Å²) in [6.07, 6.45) is 3.15. The fraction of sp³-hybridized carbons (Fsp3) is 0.125. The van der Waals surface area contributed by atoms with E-state index in [0.717, 1.165) is 17.2 Å². The third-order valence-corrected chi connectivity index (χ3v) is 6.64. The summed E-state index contributed by atoms with van der Waals surface area (Å²) >= 11 is 0. The fourth-order valence-electron chi connectivity index (χ4n) is 3.40. The Morgan fingerprint density at radius 1 is 0.903 bits per heavy atom. The molecule has 158 valence electrons. The summed E-state index contributed by atoms with van der Waals surface area (Å²) in [5, 5.41) is 0.744. The summed E-state index contributed by atoms with van der Waals surface area (Å²) in [7, 11) is -2.29. The molecule has 0 fully saturated rings. The van der Waals surface area contributed by atoms with Gasteiger partial charge in [-0.05, 0) is 66.6 Å². The van der Waals surface area contributed by atoms with E-state index in [-0.39, 0.29) is 4.90 Å². The Morgan fingerprint density at radius 2 is 1.58 bits per heavy atom. The standard InChI is InChI=1S/C24H21NO5S/c1-29-21-11-14-24-23(16-21)18(6-5-15-26)17-25(24)31(27,28)22-12-9-20(10-13-22)30-19-7-3-2-4-8-19/h2-4,7-17H,5-6H2,1H3. The van der Waals surface area contributed by atoms with Crippen molar-refractivity contribution in [2.75, 3.05) is 7.11 Å². The molecule has 0 unspecified atom stereocenters. The lowest BCUT2D eigenvalue weighted by Gasteiger charge is -2.10. The van der Waals surface area contributed by atoms with Crippen LogP contribution in [0.4, 0.5) is 0 Å². The van der Waals surface area contributed by atoms with Gasteiger partial charge in [-0.15, -0.1) is 0 Å². The average Bonchev–Trinajstić information content (AvgIpc) is 3.17. The van der Waals surface area contributed by atoms with Gasteiger partial charge in [0.25, 0.3) is 10.0 Å². The Balaban J connectivity index is 1.71.